The lowest BCUT2D eigenvalue weighted by atomic mass is 10.0. The molecular weight excluding hydrogens is 254 g/mol. The van der Waals surface area contributed by atoms with Gasteiger partial charge in [0.05, 0.1) is 18.3 Å². The molecule has 0 spiro atoms. The van der Waals surface area contributed by atoms with Gasteiger partial charge in [-0.3, -0.25) is 0 Å². The first-order chi connectivity index (χ1) is 8.95. The zero-order valence-electron chi connectivity index (χ0n) is 10.4. The number of alkyl halides is 2. The number of nitrogens with zero attached hydrogens (tertiary/aromatic N) is 1. The van der Waals surface area contributed by atoms with Gasteiger partial charge in [-0.2, -0.15) is 0 Å². The molecule has 0 amide bonds. The van der Waals surface area contributed by atoms with Crippen LogP contribution in [0.2, 0.25) is 0 Å². The van der Waals surface area contributed by atoms with Crippen LogP contribution < -0.4 is 5.73 Å². The highest BCUT2D eigenvalue weighted by Crippen LogP contribution is 2.32. The zero-order valence-corrected chi connectivity index (χ0v) is 10.4. The summed E-state index contributed by atoms with van der Waals surface area (Å²) in [7, 11) is 1.11. The Morgan fingerprint density at radius 3 is 2.68 bits per heavy atom. The van der Waals surface area contributed by atoms with Gasteiger partial charge in [0.25, 0.3) is 6.43 Å². The van der Waals surface area contributed by atoms with Crippen molar-refractivity contribution in [3.63, 3.8) is 0 Å². The molecule has 100 valence electrons. The van der Waals surface area contributed by atoms with Crippen LogP contribution in [0.4, 0.5) is 14.5 Å². The number of methoxy groups -OCH3 is 1. The van der Waals surface area contributed by atoms with Crippen molar-refractivity contribution in [2.45, 2.75) is 13.3 Å². The maximum Gasteiger partial charge on any atom is 0.342 e. The number of halogens is 2. The van der Waals surface area contributed by atoms with Crippen LogP contribution in [0.15, 0.2) is 18.2 Å². The van der Waals surface area contributed by atoms with Crippen LogP contribution in [0.1, 0.15) is 28.0 Å². The Labute approximate surface area is 108 Å². The number of nitrogens with two attached hydrogens (primary N) is 1. The van der Waals surface area contributed by atoms with Crippen LogP contribution >= 0.6 is 0 Å². The van der Waals surface area contributed by atoms with Crippen LogP contribution in [0.5, 0.6) is 0 Å². The van der Waals surface area contributed by atoms with Gasteiger partial charge in [0, 0.05) is 5.39 Å². The number of hydrogen-bond donors (Lipinski definition) is 1. The maximum atomic E-state index is 13.0. The fourth-order valence-corrected chi connectivity index (χ4v) is 1.89. The molecule has 2 rings (SSSR count). The van der Waals surface area contributed by atoms with E-state index in [9.17, 15) is 13.6 Å². The van der Waals surface area contributed by atoms with Gasteiger partial charge in [-0.15, -0.1) is 0 Å². The number of carbonyl (C=O) groups excluding carboxylic acids is 1. The molecule has 1 aromatic carbocycles. The molecule has 2 aromatic rings. The lowest BCUT2D eigenvalue weighted by Crippen LogP contribution is -2.12. The summed E-state index contributed by atoms with van der Waals surface area (Å²) >= 11 is 0. The van der Waals surface area contributed by atoms with E-state index in [0.717, 1.165) is 12.7 Å². The number of benzene rings is 1. The average molecular weight is 266 g/mol. The Morgan fingerprint density at radius 1 is 1.42 bits per heavy atom. The normalized spacial score (nSPS) is 11.0. The summed E-state index contributed by atoms with van der Waals surface area (Å²) in [5, 5.41) is 0.454. The minimum Gasteiger partial charge on any atom is -0.465 e. The first kappa shape index (κ1) is 13.2. The van der Waals surface area contributed by atoms with Crippen molar-refractivity contribution in [1.29, 1.82) is 0 Å². The number of ether oxygens (including phenoxy) is 1. The summed E-state index contributed by atoms with van der Waals surface area (Å²) in [6.45, 7) is 1.81. The van der Waals surface area contributed by atoms with E-state index in [1.807, 2.05) is 6.92 Å². The molecule has 0 unspecified atom stereocenters. The summed E-state index contributed by atoms with van der Waals surface area (Å²) in [6, 6.07) is 5.05. The van der Waals surface area contributed by atoms with E-state index in [1.165, 1.54) is 0 Å². The first-order valence-electron chi connectivity index (χ1n) is 5.52. The zero-order chi connectivity index (χ0) is 14.2. The highest BCUT2D eigenvalue weighted by Gasteiger charge is 2.25. The number of rotatable bonds is 2. The summed E-state index contributed by atoms with van der Waals surface area (Å²) in [5.74, 6) is -0.914. The number of aromatic nitrogens is 1. The SMILES string of the molecule is COC(=O)c1c(C(F)F)nc2cc(C)ccc2c1N. The molecule has 4 nitrogen and oxygen atoms in total. The number of hydrogen-bond acceptors (Lipinski definition) is 4. The Balaban J connectivity index is 2.85. The molecule has 0 atom stereocenters. The van der Waals surface area contributed by atoms with Gasteiger partial charge in [-0.1, -0.05) is 12.1 Å². The Hall–Kier alpha value is -2.24. The predicted octanol–water partition coefficient (Wildman–Crippen LogP) is 2.85. The van der Waals surface area contributed by atoms with E-state index in [0.29, 0.717) is 10.9 Å². The minimum atomic E-state index is -2.90. The quantitative estimate of drug-likeness (QED) is 0.849. The molecule has 0 saturated carbocycles. The molecule has 19 heavy (non-hydrogen) atoms. The van der Waals surface area contributed by atoms with Gasteiger partial charge >= 0.3 is 5.97 Å². The van der Waals surface area contributed by atoms with Gasteiger partial charge in [-0.25, -0.2) is 18.6 Å². The molecule has 0 aliphatic heterocycles. The Bertz CT molecular complexity index is 657. The highest BCUT2D eigenvalue weighted by atomic mass is 19.3. The van der Waals surface area contributed by atoms with Gasteiger partial charge in [-0.05, 0) is 18.6 Å². The molecule has 1 heterocycles. The van der Waals surface area contributed by atoms with Gasteiger partial charge in [0.15, 0.2) is 0 Å². The summed E-state index contributed by atoms with van der Waals surface area (Å²) in [6.07, 6.45) is -2.90. The maximum absolute atomic E-state index is 13.0. The van der Waals surface area contributed by atoms with Crippen molar-refractivity contribution < 1.29 is 18.3 Å². The summed E-state index contributed by atoms with van der Waals surface area (Å²) in [4.78, 5) is 15.4. The van der Waals surface area contributed by atoms with Crippen molar-refractivity contribution in [2.75, 3.05) is 12.8 Å². The van der Waals surface area contributed by atoms with E-state index in [-0.39, 0.29) is 11.3 Å². The third-order valence-electron chi connectivity index (χ3n) is 2.81. The molecule has 2 N–H and O–H groups in total. The van der Waals surface area contributed by atoms with Gasteiger partial charge < -0.3 is 10.5 Å². The van der Waals surface area contributed by atoms with Crippen molar-refractivity contribution >= 4 is 22.6 Å². The van der Waals surface area contributed by atoms with E-state index in [2.05, 4.69) is 9.72 Å². The third-order valence-corrected chi connectivity index (χ3v) is 2.81. The monoisotopic (exact) mass is 266 g/mol. The molecule has 0 saturated heterocycles. The van der Waals surface area contributed by atoms with Crippen molar-refractivity contribution in [3.8, 4) is 0 Å². The fraction of sp³-hybridized carbons (Fsp3) is 0.231. The second kappa shape index (κ2) is 4.79. The highest BCUT2D eigenvalue weighted by molar-refractivity contribution is 6.05. The van der Waals surface area contributed by atoms with E-state index < -0.39 is 18.1 Å². The predicted molar refractivity (Wildman–Crippen MR) is 67.2 cm³/mol. The molecule has 0 bridgehead atoms. The lowest BCUT2D eigenvalue weighted by molar-refractivity contribution is 0.0589. The van der Waals surface area contributed by atoms with Gasteiger partial charge in [0.2, 0.25) is 0 Å². The number of aryl methyl sites for hydroxylation is 1. The number of esters is 1. The van der Waals surface area contributed by atoms with Gasteiger partial charge in [0.1, 0.15) is 11.3 Å². The second-order valence-electron chi connectivity index (χ2n) is 4.10. The van der Waals surface area contributed by atoms with Crippen LogP contribution in [-0.4, -0.2) is 18.1 Å². The van der Waals surface area contributed by atoms with E-state index in [4.69, 9.17) is 5.73 Å². The standard InChI is InChI=1S/C13H12F2N2O2/c1-6-3-4-7-8(5-6)17-11(12(14)15)9(10(7)16)13(18)19-2/h3-5,12H,1-2H3,(H2,16,17). The lowest BCUT2D eigenvalue weighted by Gasteiger charge is -2.12. The van der Waals surface area contributed by atoms with Crippen molar-refractivity contribution in [3.05, 3.63) is 35.0 Å². The number of carbonyl (C=O) groups is 1. The smallest absolute Gasteiger partial charge is 0.342 e. The van der Waals surface area contributed by atoms with Crippen LogP contribution in [0, 0.1) is 6.92 Å². The topological polar surface area (TPSA) is 65.2 Å². The molecular formula is C13H12F2N2O2. The molecule has 0 radical (unpaired) electrons. The fourth-order valence-electron chi connectivity index (χ4n) is 1.89. The van der Waals surface area contributed by atoms with E-state index >= 15 is 0 Å². The largest absolute Gasteiger partial charge is 0.465 e. The molecule has 6 heteroatoms. The van der Waals surface area contributed by atoms with Crippen molar-refractivity contribution in [2.24, 2.45) is 0 Å². The van der Waals surface area contributed by atoms with Crippen LogP contribution in [0.25, 0.3) is 10.9 Å². The Kier molecular flexibility index (Phi) is 3.33. The first-order valence-corrected chi connectivity index (χ1v) is 5.52. The van der Waals surface area contributed by atoms with E-state index in [1.54, 1.807) is 18.2 Å². The molecule has 1 aromatic heterocycles. The average Bonchev–Trinajstić information content (AvgIpc) is 2.37. The molecule has 0 fully saturated rings. The van der Waals surface area contributed by atoms with Crippen LogP contribution in [-0.2, 0) is 4.74 Å². The molecule has 0 aliphatic carbocycles. The molecule has 0 aliphatic rings. The summed E-state index contributed by atoms with van der Waals surface area (Å²) < 4.78 is 30.5. The minimum absolute atomic E-state index is 0.0350. The number of pyridine rings is 1. The third kappa shape index (κ3) is 2.21. The number of nitrogen functional groups attached to an aromatic ring is 1. The van der Waals surface area contributed by atoms with Crippen molar-refractivity contribution in [1.82, 2.24) is 4.98 Å². The van der Waals surface area contributed by atoms with Crippen LogP contribution in [0.3, 0.4) is 0 Å². The number of fused-ring (bicyclic) bond motifs is 1. The Morgan fingerprint density at radius 2 is 2.11 bits per heavy atom. The summed E-state index contributed by atoms with van der Waals surface area (Å²) in [5.41, 5.74) is 5.96. The second-order valence-corrected chi connectivity index (χ2v) is 4.10. The number of anilines is 1.